The van der Waals surface area contributed by atoms with Crippen LogP contribution in [0.4, 0.5) is 5.69 Å². The van der Waals surface area contributed by atoms with Crippen LogP contribution in [0.2, 0.25) is 0 Å². The second-order valence-corrected chi connectivity index (χ2v) is 4.13. The average molecular weight is 314 g/mol. The Kier molecular flexibility index (Phi) is 7.36. The predicted octanol–water partition coefficient (Wildman–Crippen LogP) is 2.70. The maximum atomic E-state index is 3.49. The van der Waals surface area contributed by atoms with E-state index >= 15 is 0 Å². The normalized spacial score (nSPS) is 15.1. The number of anilines is 1. The van der Waals surface area contributed by atoms with E-state index in [2.05, 4.69) is 50.4 Å². The van der Waals surface area contributed by atoms with Gasteiger partial charge in [0.1, 0.15) is 0 Å². The molecule has 1 aliphatic rings. The van der Waals surface area contributed by atoms with Crippen molar-refractivity contribution in [2.45, 2.75) is 0 Å². The second-order valence-electron chi connectivity index (χ2n) is 3.22. The molecule has 1 heterocycles. The molecule has 0 saturated carbocycles. The Morgan fingerprint density at radius 2 is 1.80 bits per heavy atom. The lowest BCUT2D eigenvalue weighted by atomic mass is 10.2. The zero-order valence-electron chi connectivity index (χ0n) is 8.28. The fourth-order valence-corrected chi connectivity index (χ4v) is 1.98. The SMILES string of the molecule is Brc1cccc(N2CCNCC2)c1.Cl.Cl. The van der Waals surface area contributed by atoms with Crippen LogP contribution in [0.1, 0.15) is 0 Å². The number of hydrogen-bond donors (Lipinski definition) is 1. The van der Waals surface area contributed by atoms with Gasteiger partial charge in [0, 0.05) is 36.3 Å². The van der Waals surface area contributed by atoms with Gasteiger partial charge in [-0.15, -0.1) is 24.8 Å². The Labute approximate surface area is 111 Å². The average Bonchev–Trinajstić information content (AvgIpc) is 2.19. The van der Waals surface area contributed by atoms with Gasteiger partial charge in [-0.05, 0) is 18.2 Å². The summed E-state index contributed by atoms with van der Waals surface area (Å²) in [5.41, 5.74) is 1.32. The standard InChI is InChI=1S/C10H13BrN2.2ClH/c11-9-2-1-3-10(8-9)13-6-4-12-5-7-13;;/h1-3,8,12H,4-7H2;2*1H. The smallest absolute Gasteiger partial charge is 0.0378 e. The first kappa shape index (κ1) is 15.0. The third kappa shape index (κ3) is 4.19. The van der Waals surface area contributed by atoms with Crippen molar-refractivity contribution in [1.82, 2.24) is 5.32 Å². The molecule has 1 aliphatic heterocycles. The second kappa shape index (κ2) is 7.34. The van der Waals surface area contributed by atoms with Gasteiger partial charge in [0.05, 0.1) is 0 Å². The van der Waals surface area contributed by atoms with Gasteiger partial charge in [-0.3, -0.25) is 0 Å². The lowest BCUT2D eigenvalue weighted by Gasteiger charge is -2.29. The van der Waals surface area contributed by atoms with Crippen molar-refractivity contribution in [3.05, 3.63) is 28.7 Å². The van der Waals surface area contributed by atoms with Crippen LogP contribution >= 0.6 is 40.7 Å². The summed E-state index contributed by atoms with van der Waals surface area (Å²) in [6.45, 7) is 4.39. The van der Waals surface area contributed by atoms with Crippen molar-refractivity contribution in [2.24, 2.45) is 0 Å². The summed E-state index contributed by atoms with van der Waals surface area (Å²) in [5, 5.41) is 3.35. The molecule has 2 nitrogen and oxygen atoms in total. The molecule has 15 heavy (non-hydrogen) atoms. The van der Waals surface area contributed by atoms with Gasteiger partial charge in [-0.1, -0.05) is 22.0 Å². The summed E-state index contributed by atoms with van der Waals surface area (Å²) in [4.78, 5) is 2.40. The van der Waals surface area contributed by atoms with Crippen LogP contribution in [-0.2, 0) is 0 Å². The molecule has 5 heteroatoms. The van der Waals surface area contributed by atoms with Crippen LogP contribution in [0.3, 0.4) is 0 Å². The van der Waals surface area contributed by atoms with Gasteiger partial charge in [-0.2, -0.15) is 0 Å². The molecule has 1 fully saturated rings. The topological polar surface area (TPSA) is 15.3 Å². The molecule has 86 valence electrons. The highest BCUT2D eigenvalue weighted by Crippen LogP contribution is 2.19. The van der Waals surface area contributed by atoms with Crippen molar-refractivity contribution in [3.63, 3.8) is 0 Å². The van der Waals surface area contributed by atoms with Crippen LogP contribution in [0.25, 0.3) is 0 Å². The van der Waals surface area contributed by atoms with E-state index in [1.165, 1.54) is 5.69 Å². The molecule has 0 unspecified atom stereocenters. The molecule has 0 amide bonds. The Balaban J connectivity index is 0.000000980. The van der Waals surface area contributed by atoms with Gasteiger partial charge in [0.25, 0.3) is 0 Å². The monoisotopic (exact) mass is 312 g/mol. The van der Waals surface area contributed by atoms with E-state index in [1.54, 1.807) is 0 Å². The summed E-state index contributed by atoms with van der Waals surface area (Å²) in [7, 11) is 0. The summed E-state index contributed by atoms with van der Waals surface area (Å²) in [6, 6.07) is 8.48. The minimum atomic E-state index is 0. The highest BCUT2D eigenvalue weighted by atomic mass is 79.9. The molecule has 0 aliphatic carbocycles. The minimum absolute atomic E-state index is 0. The fourth-order valence-electron chi connectivity index (χ4n) is 1.60. The number of halogens is 3. The quantitative estimate of drug-likeness (QED) is 0.857. The van der Waals surface area contributed by atoms with E-state index < -0.39 is 0 Å². The third-order valence-electron chi connectivity index (χ3n) is 2.29. The molecule has 2 rings (SSSR count). The maximum Gasteiger partial charge on any atom is 0.0378 e. The Morgan fingerprint density at radius 3 is 2.40 bits per heavy atom. The molecule has 0 aromatic heterocycles. The first-order valence-corrected chi connectivity index (χ1v) is 5.37. The molecule has 1 N–H and O–H groups in total. The third-order valence-corrected chi connectivity index (χ3v) is 2.78. The Morgan fingerprint density at radius 1 is 1.13 bits per heavy atom. The zero-order valence-corrected chi connectivity index (χ0v) is 11.5. The molecule has 0 radical (unpaired) electrons. The van der Waals surface area contributed by atoms with E-state index in [1.807, 2.05) is 0 Å². The van der Waals surface area contributed by atoms with Crippen molar-refractivity contribution in [1.29, 1.82) is 0 Å². The number of hydrogen-bond acceptors (Lipinski definition) is 2. The molecule has 1 aromatic carbocycles. The van der Waals surface area contributed by atoms with Crippen molar-refractivity contribution < 1.29 is 0 Å². The van der Waals surface area contributed by atoms with E-state index in [-0.39, 0.29) is 24.8 Å². The van der Waals surface area contributed by atoms with Gasteiger partial charge < -0.3 is 10.2 Å². The number of rotatable bonds is 1. The predicted molar refractivity (Wildman–Crippen MR) is 73.7 cm³/mol. The largest absolute Gasteiger partial charge is 0.369 e. The minimum Gasteiger partial charge on any atom is -0.369 e. The molecule has 0 bridgehead atoms. The molecular formula is C10H15BrCl2N2. The Bertz CT molecular complexity index is 291. The lowest BCUT2D eigenvalue weighted by molar-refractivity contribution is 0.589. The van der Waals surface area contributed by atoms with E-state index in [0.717, 1.165) is 30.7 Å². The highest BCUT2D eigenvalue weighted by molar-refractivity contribution is 9.10. The van der Waals surface area contributed by atoms with E-state index in [4.69, 9.17) is 0 Å². The van der Waals surface area contributed by atoms with Crippen LogP contribution in [-0.4, -0.2) is 26.2 Å². The van der Waals surface area contributed by atoms with Crippen LogP contribution < -0.4 is 10.2 Å². The fraction of sp³-hybridized carbons (Fsp3) is 0.400. The molecule has 0 atom stereocenters. The van der Waals surface area contributed by atoms with Crippen molar-refractivity contribution in [2.75, 3.05) is 31.1 Å². The number of benzene rings is 1. The first-order valence-electron chi connectivity index (χ1n) is 4.57. The summed E-state index contributed by atoms with van der Waals surface area (Å²) in [6.07, 6.45) is 0. The molecule has 1 saturated heterocycles. The number of nitrogens with one attached hydrogen (secondary N) is 1. The number of piperazine rings is 1. The summed E-state index contributed by atoms with van der Waals surface area (Å²) in [5.74, 6) is 0. The Hall–Kier alpha value is 0.0400. The van der Waals surface area contributed by atoms with E-state index in [9.17, 15) is 0 Å². The van der Waals surface area contributed by atoms with Gasteiger partial charge in [0.15, 0.2) is 0 Å². The van der Waals surface area contributed by atoms with Gasteiger partial charge >= 0.3 is 0 Å². The van der Waals surface area contributed by atoms with Gasteiger partial charge in [-0.25, -0.2) is 0 Å². The van der Waals surface area contributed by atoms with E-state index in [0.29, 0.717) is 0 Å². The van der Waals surface area contributed by atoms with Crippen LogP contribution in [0, 0.1) is 0 Å². The van der Waals surface area contributed by atoms with Crippen molar-refractivity contribution >= 4 is 46.4 Å². The van der Waals surface area contributed by atoms with Crippen LogP contribution in [0.15, 0.2) is 28.7 Å². The lowest BCUT2D eigenvalue weighted by Crippen LogP contribution is -2.43. The zero-order chi connectivity index (χ0) is 9.10. The molecular weight excluding hydrogens is 299 g/mol. The molecule has 1 aromatic rings. The summed E-state index contributed by atoms with van der Waals surface area (Å²) < 4.78 is 1.16. The highest BCUT2D eigenvalue weighted by Gasteiger charge is 2.09. The van der Waals surface area contributed by atoms with Crippen molar-refractivity contribution in [3.8, 4) is 0 Å². The number of nitrogens with zero attached hydrogens (tertiary/aromatic N) is 1. The molecule has 0 spiro atoms. The van der Waals surface area contributed by atoms with Gasteiger partial charge in [0.2, 0.25) is 0 Å². The first-order chi connectivity index (χ1) is 6.36. The van der Waals surface area contributed by atoms with Crippen LogP contribution in [0.5, 0.6) is 0 Å². The summed E-state index contributed by atoms with van der Waals surface area (Å²) >= 11 is 3.49. The maximum absolute atomic E-state index is 3.49.